The minimum atomic E-state index is -1.24. The van der Waals surface area contributed by atoms with Crippen molar-refractivity contribution in [3.63, 3.8) is 0 Å². The SMILES string of the molecule is CC(=O)c1nccc(N)c1C(=O)O. The first-order valence-electron chi connectivity index (χ1n) is 3.52. The molecule has 0 saturated carbocycles. The van der Waals surface area contributed by atoms with E-state index in [1.54, 1.807) is 0 Å². The second-order valence-corrected chi connectivity index (χ2v) is 2.49. The number of anilines is 1. The number of aromatic nitrogens is 1. The van der Waals surface area contributed by atoms with Gasteiger partial charge in [0.25, 0.3) is 0 Å². The smallest absolute Gasteiger partial charge is 0.340 e. The molecule has 0 bridgehead atoms. The summed E-state index contributed by atoms with van der Waals surface area (Å²) in [5.41, 5.74) is 5.10. The van der Waals surface area contributed by atoms with Crippen LogP contribution in [0.25, 0.3) is 0 Å². The molecular weight excluding hydrogens is 172 g/mol. The highest BCUT2D eigenvalue weighted by atomic mass is 16.4. The number of carboxylic acid groups (broad SMARTS) is 1. The van der Waals surface area contributed by atoms with Crippen LogP contribution in [-0.4, -0.2) is 21.8 Å². The van der Waals surface area contributed by atoms with Gasteiger partial charge in [0, 0.05) is 18.8 Å². The Bertz CT molecular complexity index is 374. The van der Waals surface area contributed by atoms with Crippen LogP contribution in [0.2, 0.25) is 0 Å². The summed E-state index contributed by atoms with van der Waals surface area (Å²) in [6, 6.07) is 1.34. The number of Topliss-reactive ketones (excluding diaryl/α,β-unsaturated/α-hetero) is 1. The van der Waals surface area contributed by atoms with E-state index < -0.39 is 11.8 Å². The van der Waals surface area contributed by atoms with Gasteiger partial charge >= 0.3 is 5.97 Å². The summed E-state index contributed by atoms with van der Waals surface area (Å²) in [7, 11) is 0. The van der Waals surface area contributed by atoms with Gasteiger partial charge in [-0.05, 0) is 6.07 Å². The van der Waals surface area contributed by atoms with E-state index in [1.807, 2.05) is 0 Å². The number of nitrogen functional groups attached to an aromatic ring is 1. The first kappa shape index (κ1) is 9.18. The Morgan fingerprint density at radius 3 is 2.54 bits per heavy atom. The number of hydrogen-bond acceptors (Lipinski definition) is 4. The second-order valence-electron chi connectivity index (χ2n) is 2.49. The van der Waals surface area contributed by atoms with E-state index in [-0.39, 0.29) is 16.9 Å². The minimum Gasteiger partial charge on any atom is -0.478 e. The molecule has 0 aromatic carbocycles. The Morgan fingerprint density at radius 1 is 1.54 bits per heavy atom. The van der Waals surface area contributed by atoms with Gasteiger partial charge in [-0.3, -0.25) is 9.78 Å². The highest BCUT2D eigenvalue weighted by Crippen LogP contribution is 2.14. The average molecular weight is 180 g/mol. The number of aromatic carboxylic acids is 1. The zero-order valence-corrected chi connectivity index (χ0v) is 6.94. The van der Waals surface area contributed by atoms with Crippen LogP contribution in [0.1, 0.15) is 27.8 Å². The van der Waals surface area contributed by atoms with Gasteiger partial charge in [0.15, 0.2) is 5.78 Å². The van der Waals surface area contributed by atoms with Gasteiger partial charge in [-0.2, -0.15) is 0 Å². The fourth-order valence-corrected chi connectivity index (χ4v) is 0.968. The van der Waals surface area contributed by atoms with Gasteiger partial charge in [0.05, 0.1) is 0 Å². The maximum absolute atomic E-state index is 10.9. The molecule has 0 saturated heterocycles. The predicted octanol–water partition coefficient (Wildman–Crippen LogP) is 0.565. The van der Waals surface area contributed by atoms with Crippen LogP contribution < -0.4 is 5.73 Å². The van der Waals surface area contributed by atoms with Crippen molar-refractivity contribution in [2.24, 2.45) is 0 Å². The van der Waals surface area contributed by atoms with E-state index >= 15 is 0 Å². The number of hydrogen-bond donors (Lipinski definition) is 2. The molecule has 0 radical (unpaired) electrons. The number of carboxylic acids is 1. The molecule has 1 aromatic rings. The van der Waals surface area contributed by atoms with Crippen LogP contribution in [0.5, 0.6) is 0 Å². The van der Waals surface area contributed by atoms with Crippen LogP contribution >= 0.6 is 0 Å². The zero-order chi connectivity index (χ0) is 10.0. The average Bonchev–Trinajstić information content (AvgIpc) is 2.02. The first-order chi connectivity index (χ1) is 6.04. The van der Waals surface area contributed by atoms with Gasteiger partial charge in [0.2, 0.25) is 0 Å². The van der Waals surface area contributed by atoms with Crippen LogP contribution in [0.3, 0.4) is 0 Å². The summed E-state index contributed by atoms with van der Waals surface area (Å²) < 4.78 is 0. The third kappa shape index (κ3) is 1.64. The molecule has 0 aliphatic carbocycles. The molecule has 13 heavy (non-hydrogen) atoms. The van der Waals surface area contributed by atoms with Gasteiger partial charge in [-0.15, -0.1) is 0 Å². The van der Waals surface area contributed by atoms with E-state index in [0.29, 0.717) is 0 Å². The quantitative estimate of drug-likeness (QED) is 0.648. The minimum absolute atomic E-state index is 0.0488. The normalized spacial score (nSPS) is 9.62. The topological polar surface area (TPSA) is 93.3 Å². The van der Waals surface area contributed by atoms with Crippen molar-refractivity contribution in [1.29, 1.82) is 0 Å². The third-order valence-corrected chi connectivity index (χ3v) is 1.53. The van der Waals surface area contributed by atoms with E-state index in [2.05, 4.69) is 4.98 Å². The second kappa shape index (κ2) is 3.22. The lowest BCUT2D eigenvalue weighted by molar-refractivity contribution is 0.0692. The van der Waals surface area contributed by atoms with Gasteiger partial charge in [0.1, 0.15) is 11.3 Å². The fourth-order valence-electron chi connectivity index (χ4n) is 0.968. The summed E-state index contributed by atoms with van der Waals surface area (Å²) in [4.78, 5) is 25.3. The molecule has 0 atom stereocenters. The summed E-state index contributed by atoms with van der Waals surface area (Å²) in [5.74, 6) is -1.65. The van der Waals surface area contributed by atoms with Gasteiger partial charge in [-0.1, -0.05) is 0 Å². The maximum atomic E-state index is 10.9. The predicted molar refractivity (Wildman–Crippen MR) is 45.6 cm³/mol. The number of carbonyl (C=O) groups is 2. The highest BCUT2D eigenvalue weighted by Gasteiger charge is 2.17. The number of rotatable bonds is 2. The molecule has 1 rings (SSSR count). The lowest BCUT2D eigenvalue weighted by atomic mass is 10.1. The monoisotopic (exact) mass is 180 g/mol. The number of pyridine rings is 1. The molecule has 0 spiro atoms. The Morgan fingerprint density at radius 2 is 2.15 bits per heavy atom. The molecule has 3 N–H and O–H groups in total. The number of nitrogens with zero attached hydrogens (tertiary/aromatic N) is 1. The fraction of sp³-hybridized carbons (Fsp3) is 0.125. The van der Waals surface area contributed by atoms with Crippen LogP contribution in [0, 0.1) is 0 Å². The van der Waals surface area contributed by atoms with E-state index in [4.69, 9.17) is 10.8 Å². The van der Waals surface area contributed by atoms with E-state index in [0.717, 1.165) is 0 Å². The summed E-state index contributed by atoms with van der Waals surface area (Å²) in [6.07, 6.45) is 1.30. The van der Waals surface area contributed by atoms with E-state index in [1.165, 1.54) is 19.2 Å². The lowest BCUT2D eigenvalue weighted by Gasteiger charge is -2.03. The van der Waals surface area contributed by atoms with Crippen LogP contribution in [0.4, 0.5) is 5.69 Å². The van der Waals surface area contributed by atoms with E-state index in [9.17, 15) is 9.59 Å². The van der Waals surface area contributed by atoms with Crippen molar-refractivity contribution < 1.29 is 14.7 Å². The number of ketones is 1. The summed E-state index contributed by atoms with van der Waals surface area (Å²) >= 11 is 0. The molecule has 0 unspecified atom stereocenters. The lowest BCUT2D eigenvalue weighted by Crippen LogP contribution is -2.11. The molecule has 1 heterocycles. The molecule has 68 valence electrons. The molecule has 0 fully saturated rings. The van der Waals surface area contributed by atoms with Crippen molar-refractivity contribution in [2.75, 3.05) is 5.73 Å². The summed E-state index contributed by atoms with van der Waals surface area (Å²) in [6.45, 7) is 1.24. The highest BCUT2D eigenvalue weighted by molar-refractivity contribution is 6.06. The Labute approximate surface area is 74.2 Å². The van der Waals surface area contributed by atoms with Crippen LogP contribution in [0.15, 0.2) is 12.3 Å². The molecular formula is C8H8N2O3. The standard InChI is InChI=1S/C8H8N2O3/c1-4(11)7-6(8(12)13)5(9)2-3-10-7/h2-3H,1H3,(H2,9,10)(H,12,13). The van der Waals surface area contributed by atoms with Gasteiger partial charge in [-0.25, -0.2) is 4.79 Å². The van der Waals surface area contributed by atoms with Gasteiger partial charge < -0.3 is 10.8 Å². The molecule has 0 aliphatic heterocycles. The van der Waals surface area contributed by atoms with Crippen molar-refractivity contribution >= 4 is 17.4 Å². The molecule has 5 nitrogen and oxygen atoms in total. The van der Waals surface area contributed by atoms with Crippen molar-refractivity contribution in [1.82, 2.24) is 4.98 Å². The van der Waals surface area contributed by atoms with Crippen LogP contribution in [-0.2, 0) is 0 Å². The van der Waals surface area contributed by atoms with Crippen molar-refractivity contribution in [3.05, 3.63) is 23.5 Å². The molecule has 1 aromatic heterocycles. The summed E-state index contributed by atoms with van der Waals surface area (Å²) in [5, 5.41) is 8.72. The molecule has 0 aliphatic rings. The largest absolute Gasteiger partial charge is 0.478 e. The zero-order valence-electron chi connectivity index (χ0n) is 6.94. The number of nitrogens with two attached hydrogens (primary N) is 1. The molecule has 5 heteroatoms. The Hall–Kier alpha value is -1.91. The maximum Gasteiger partial charge on any atom is 0.340 e. The molecule has 0 amide bonds. The number of carbonyl (C=O) groups excluding carboxylic acids is 1. The van der Waals surface area contributed by atoms with Crippen molar-refractivity contribution in [2.45, 2.75) is 6.92 Å². The Kier molecular flexibility index (Phi) is 2.27. The Balaban J connectivity index is 3.43. The first-order valence-corrected chi connectivity index (χ1v) is 3.52. The third-order valence-electron chi connectivity index (χ3n) is 1.53. The van der Waals surface area contributed by atoms with Crippen molar-refractivity contribution in [3.8, 4) is 0 Å².